The van der Waals surface area contributed by atoms with E-state index in [1.165, 1.54) is 5.56 Å². The summed E-state index contributed by atoms with van der Waals surface area (Å²) in [6.07, 6.45) is 0. The van der Waals surface area contributed by atoms with E-state index < -0.39 is 0 Å². The van der Waals surface area contributed by atoms with Crippen molar-refractivity contribution in [2.24, 2.45) is 0 Å². The summed E-state index contributed by atoms with van der Waals surface area (Å²) >= 11 is 0. The topological polar surface area (TPSA) is 29.1 Å². The molecular weight excluding hydrogens is 234 g/mol. The molecule has 0 spiro atoms. The second-order valence-corrected chi connectivity index (χ2v) is 5.04. The second-order valence-electron chi connectivity index (χ2n) is 5.04. The number of Topliss-reactive ketones (excluding diaryl/α,β-unsaturated/α-hetero) is 1. The Bertz CT molecular complexity index is 570. The van der Waals surface area contributed by atoms with Crippen LogP contribution in [0.3, 0.4) is 0 Å². The first-order valence-corrected chi connectivity index (χ1v) is 6.54. The standard InChI is InChI=1S/C17H19NO/c1-12(2)14-7-9-16(10-8-14)18-17-6-4-5-15(11-17)13(3)19/h4-12,18H,1-3H3. The molecule has 0 saturated heterocycles. The van der Waals surface area contributed by atoms with Gasteiger partial charge < -0.3 is 5.32 Å². The van der Waals surface area contributed by atoms with Crippen molar-refractivity contribution < 1.29 is 4.79 Å². The van der Waals surface area contributed by atoms with Gasteiger partial charge in [-0.25, -0.2) is 0 Å². The second kappa shape index (κ2) is 5.70. The fraction of sp³-hybridized carbons (Fsp3) is 0.235. The Labute approximate surface area is 114 Å². The lowest BCUT2D eigenvalue weighted by atomic mass is 10.0. The first-order chi connectivity index (χ1) is 9.06. The Morgan fingerprint density at radius 3 is 2.26 bits per heavy atom. The Balaban J connectivity index is 2.16. The molecule has 0 aliphatic heterocycles. The Morgan fingerprint density at radius 1 is 1.00 bits per heavy atom. The van der Waals surface area contributed by atoms with Crippen molar-refractivity contribution in [3.05, 3.63) is 59.7 Å². The maximum Gasteiger partial charge on any atom is 0.159 e. The van der Waals surface area contributed by atoms with Gasteiger partial charge in [-0.05, 0) is 42.7 Å². The minimum Gasteiger partial charge on any atom is -0.356 e. The number of rotatable bonds is 4. The maximum atomic E-state index is 11.3. The number of benzene rings is 2. The number of hydrogen-bond acceptors (Lipinski definition) is 2. The van der Waals surface area contributed by atoms with Crippen LogP contribution in [0.15, 0.2) is 48.5 Å². The van der Waals surface area contributed by atoms with E-state index in [1.807, 2.05) is 24.3 Å². The fourth-order valence-electron chi connectivity index (χ4n) is 1.93. The Kier molecular flexibility index (Phi) is 4.00. The maximum absolute atomic E-state index is 11.3. The van der Waals surface area contributed by atoms with E-state index in [-0.39, 0.29) is 5.78 Å². The van der Waals surface area contributed by atoms with Crippen LogP contribution in [0.2, 0.25) is 0 Å². The highest BCUT2D eigenvalue weighted by Crippen LogP contribution is 2.21. The van der Waals surface area contributed by atoms with Crippen LogP contribution >= 0.6 is 0 Å². The molecule has 0 radical (unpaired) electrons. The summed E-state index contributed by atoms with van der Waals surface area (Å²) in [5, 5.41) is 3.31. The third-order valence-corrected chi connectivity index (χ3v) is 3.14. The number of nitrogens with one attached hydrogen (secondary N) is 1. The van der Waals surface area contributed by atoms with Crippen LogP contribution in [0.5, 0.6) is 0 Å². The van der Waals surface area contributed by atoms with Crippen molar-refractivity contribution in [1.29, 1.82) is 0 Å². The van der Waals surface area contributed by atoms with Crippen molar-refractivity contribution >= 4 is 17.2 Å². The zero-order chi connectivity index (χ0) is 13.8. The van der Waals surface area contributed by atoms with Gasteiger partial charge in [-0.15, -0.1) is 0 Å². The van der Waals surface area contributed by atoms with E-state index in [1.54, 1.807) is 6.92 Å². The third-order valence-electron chi connectivity index (χ3n) is 3.14. The molecule has 2 aromatic rings. The number of anilines is 2. The number of hydrogen-bond donors (Lipinski definition) is 1. The van der Waals surface area contributed by atoms with E-state index in [9.17, 15) is 4.79 Å². The van der Waals surface area contributed by atoms with Crippen LogP contribution in [0, 0.1) is 0 Å². The fourth-order valence-corrected chi connectivity index (χ4v) is 1.93. The van der Waals surface area contributed by atoms with Crippen LogP contribution in [-0.2, 0) is 0 Å². The summed E-state index contributed by atoms with van der Waals surface area (Å²) in [4.78, 5) is 11.3. The van der Waals surface area contributed by atoms with Gasteiger partial charge in [0.15, 0.2) is 5.78 Å². The van der Waals surface area contributed by atoms with Gasteiger partial charge in [-0.1, -0.05) is 38.1 Å². The van der Waals surface area contributed by atoms with E-state index >= 15 is 0 Å². The minimum atomic E-state index is 0.0822. The summed E-state index contributed by atoms with van der Waals surface area (Å²) in [5.41, 5.74) is 4.02. The predicted molar refractivity (Wildman–Crippen MR) is 80.3 cm³/mol. The molecule has 0 saturated carbocycles. The van der Waals surface area contributed by atoms with E-state index in [2.05, 4.69) is 43.4 Å². The summed E-state index contributed by atoms with van der Waals surface area (Å²) in [5.74, 6) is 0.619. The molecule has 0 atom stereocenters. The summed E-state index contributed by atoms with van der Waals surface area (Å²) < 4.78 is 0. The molecule has 0 fully saturated rings. The van der Waals surface area contributed by atoms with Crippen LogP contribution in [0.25, 0.3) is 0 Å². The van der Waals surface area contributed by atoms with Crippen molar-refractivity contribution in [3.63, 3.8) is 0 Å². The van der Waals surface area contributed by atoms with Crippen molar-refractivity contribution in [3.8, 4) is 0 Å². The monoisotopic (exact) mass is 253 g/mol. The molecule has 19 heavy (non-hydrogen) atoms. The quantitative estimate of drug-likeness (QED) is 0.796. The summed E-state index contributed by atoms with van der Waals surface area (Å²) in [7, 11) is 0. The highest BCUT2D eigenvalue weighted by atomic mass is 16.1. The lowest BCUT2D eigenvalue weighted by Gasteiger charge is -2.10. The van der Waals surface area contributed by atoms with Crippen LogP contribution in [0.1, 0.15) is 42.6 Å². The first-order valence-electron chi connectivity index (χ1n) is 6.54. The molecule has 0 unspecified atom stereocenters. The normalized spacial score (nSPS) is 10.5. The molecule has 0 aromatic heterocycles. The van der Waals surface area contributed by atoms with Gasteiger partial charge >= 0.3 is 0 Å². The molecule has 2 rings (SSSR count). The van der Waals surface area contributed by atoms with Gasteiger partial charge in [0.25, 0.3) is 0 Å². The van der Waals surface area contributed by atoms with E-state index in [0.717, 1.165) is 16.9 Å². The van der Waals surface area contributed by atoms with Gasteiger partial charge in [0.05, 0.1) is 0 Å². The van der Waals surface area contributed by atoms with Gasteiger partial charge in [0.2, 0.25) is 0 Å². The SMILES string of the molecule is CC(=O)c1cccc(Nc2ccc(C(C)C)cc2)c1. The van der Waals surface area contributed by atoms with Gasteiger partial charge in [0.1, 0.15) is 0 Å². The van der Waals surface area contributed by atoms with Crippen molar-refractivity contribution in [2.75, 3.05) is 5.32 Å². The highest BCUT2D eigenvalue weighted by molar-refractivity contribution is 5.95. The zero-order valence-corrected chi connectivity index (χ0v) is 11.6. The van der Waals surface area contributed by atoms with E-state index in [4.69, 9.17) is 0 Å². The molecule has 0 aliphatic carbocycles. The van der Waals surface area contributed by atoms with E-state index in [0.29, 0.717) is 5.92 Å². The molecule has 98 valence electrons. The average molecular weight is 253 g/mol. The molecule has 0 heterocycles. The van der Waals surface area contributed by atoms with Crippen molar-refractivity contribution in [1.82, 2.24) is 0 Å². The number of carbonyl (C=O) groups excluding carboxylic acids is 1. The van der Waals surface area contributed by atoms with Crippen LogP contribution < -0.4 is 5.32 Å². The molecule has 0 amide bonds. The lowest BCUT2D eigenvalue weighted by molar-refractivity contribution is 0.101. The molecule has 0 bridgehead atoms. The molecule has 2 heteroatoms. The number of carbonyl (C=O) groups is 1. The molecule has 1 N–H and O–H groups in total. The van der Waals surface area contributed by atoms with Crippen LogP contribution in [-0.4, -0.2) is 5.78 Å². The van der Waals surface area contributed by atoms with Crippen molar-refractivity contribution in [2.45, 2.75) is 26.7 Å². The Hall–Kier alpha value is -2.09. The Morgan fingerprint density at radius 2 is 1.68 bits per heavy atom. The zero-order valence-electron chi connectivity index (χ0n) is 11.6. The highest BCUT2D eigenvalue weighted by Gasteiger charge is 2.02. The van der Waals surface area contributed by atoms with Gasteiger partial charge in [-0.3, -0.25) is 4.79 Å². The smallest absolute Gasteiger partial charge is 0.159 e. The largest absolute Gasteiger partial charge is 0.356 e. The number of ketones is 1. The minimum absolute atomic E-state index is 0.0822. The van der Waals surface area contributed by atoms with Crippen LogP contribution in [0.4, 0.5) is 11.4 Å². The van der Waals surface area contributed by atoms with Gasteiger partial charge in [0, 0.05) is 16.9 Å². The molecule has 0 aliphatic rings. The molecular formula is C17H19NO. The summed E-state index contributed by atoms with van der Waals surface area (Å²) in [6, 6.07) is 15.9. The van der Waals surface area contributed by atoms with Gasteiger partial charge in [-0.2, -0.15) is 0 Å². The molecule has 2 nitrogen and oxygen atoms in total. The average Bonchev–Trinajstić information content (AvgIpc) is 2.39. The molecule has 2 aromatic carbocycles. The predicted octanol–water partition coefficient (Wildman–Crippen LogP) is 4.76. The first kappa shape index (κ1) is 13.3. The summed E-state index contributed by atoms with van der Waals surface area (Å²) in [6.45, 7) is 5.94. The lowest BCUT2D eigenvalue weighted by Crippen LogP contribution is -1.95. The third kappa shape index (κ3) is 3.44.